The van der Waals surface area contributed by atoms with Crippen molar-refractivity contribution in [2.45, 2.75) is 20.3 Å². The number of halogens is 1. The Morgan fingerprint density at radius 1 is 1.25 bits per heavy atom. The topological polar surface area (TPSA) is 64.1 Å². The molecule has 0 spiro atoms. The number of benzene rings is 1. The standard InChI is InChI=1S/C17H16ClN3O2S/c1-9-10(2)24-17-15(9)16(19-12-6-4-11(18)5-7-12)20-13(21-17)8-14(22)23-3/h4-7H,8H2,1-3H3,(H,19,20,21). The number of methoxy groups -OCH3 is 1. The molecule has 3 rings (SSSR count). The van der Waals surface area contributed by atoms with Crippen molar-refractivity contribution in [3.63, 3.8) is 0 Å². The number of aromatic nitrogens is 2. The highest BCUT2D eigenvalue weighted by Gasteiger charge is 2.16. The van der Waals surface area contributed by atoms with E-state index in [1.807, 2.05) is 38.1 Å². The predicted molar refractivity (Wildman–Crippen MR) is 97.3 cm³/mol. The van der Waals surface area contributed by atoms with Crippen LogP contribution < -0.4 is 5.32 Å². The van der Waals surface area contributed by atoms with Gasteiger partial charge in [-0.15, -0.1) is 11.3 Å². The molecule has 124 valence electrons. The van der Waals surface area contributed by atoms with Crippen LogP contribution in [0, 0.1) is 13.8 Å². The van der Waals surface area contributed by atoms with Gasteiger partial charge >= 0.3 is 5.97 Å². The lowest BCUT2D eigenvalue weighted by Crippen LogP contribution is -2.09. The molecule has 2 heterocycles. The van der Waals surface area contributed by atoms with Crippen molar-refractivity contribution < 1.29 is 9.53 Å². The van der Waals surface area contributed by atoms with Crippen molar-refractivity contribution in [3.8, 4) is 0 Å². The first-order valence-electron chi connectivity index (χ1n) is 7.34. The van der Waals surface area contributed by atoms with Gasteiger partial charge in [0.15, 0.2) is 0 Å². The largest absolute Gasteiger partial charge is 0.469 e. The van der Waals surface area contributed by atoms with Gasteiger partial charge in [-0.25, -0.2) is 9.97 Å². The Balaban J connectivity index is 2.08. The molecular formula is C17H16ClN3O2S. The second-order valence-corrected chi connectivity index (χ2v) is 6.98. The summed E-state index contributed by atoms with van der Waals surface area (Å²) in [5, 5.41) is 4.95. The summed E-state index contributed by atoms with van der Waals surface area (Å²) in [6.07, 6.45) is 0.0394. The molecule has 1 aromatic carbocycles. The number of esters is 1. The van der Waals surface area contributed by atoms with Crippen molar-refractivity contribution in [2.75, 3.05) is 12.4 Å². The van der Waals surface area contributed by atoms with Gasteiger partial charge in [-0.05, 0) is 43.7 Å². The van der Waals surface area contributed by atoms with Gasteiger partial charge in [0.25, 0.3) is 0 Å². The van der Waals surface area contributed by atoms with Gasteiger partial charge in [0.1, 0.15) is 22.9 Å². The summed E-state index contributed by atoms with van der Waals surface area (Å²) >= 11 is 7.52. The van der Waals surface area contributed by atoms with E-state index in [1.165, 1.54) is 12.0 Å². The molecule has 0 aliphatic carbocycles. The number of anilines is 2. The van der Waals surface area contributed by atoms with Crippen molar-refractivity contribution in [1.29, 1.82) is 0 Å². The molecule has 0 bridgehead atoms. The third kappa shape index (κ3) is 3.34. The molecule has 0 aliphatic rings. The van der Waals surface area contributed by atoms with E-state index < -0.39 is 0 Å². The second kappa shape index (κ2) is 6.75. The van der Waals surface area contributed by atoms with Gasteiger partial charge in [0.2, 0.25) is 0 Å². The lowest BCUT2D eigenvalue weighted by molar-refractivity contribution is -0.139. The van der Waals surface area contributed by atoms with Crippen molar-refractivity contribution in [1.82, 2.24) is 9.97 Å². The summed E-state index contributed by atoms with van der Waals surface area (Å²) in [5.74, 6) is 0.756. The number of nitrogens with one attached hydrogen (secondary N) is 1. The summed E-state index contributed by atoms with van der Waals surface area (Å²) in [5.41, 5.74) is 2.00. The van der Waals surface area contributed by atoms with Gasteiger partial charge in [0, 0.05) is 15.6 Å². The minimum absolute atomic E-state index is 0.0394. The zero-order chi connectivity index (χ0) is 17.3. The molecule has 0 saturated heterocycles. The van der Waals surface area contributed by atoms with E-state index >= 15 is 0 Å². The van der Waals surface area contributed by atoms with Gasteiger partial charge in [0.05, 0.1) is 12.5 Å². The van der Waals surface area contributed by atoms with Crippen molar-refractivity contribution >= 4 is 50.6 Å². The highest BCUT2D eigenvalue weighted by atomic mass is 35.5. The average Bonchev–Trinajstić information content (AvgIpc) is 2.84. The number of hydrogen-bond donors (Lipinski definition) is 1. The Morgan fingerprint density at radius 2 is 1.96 bits per heavy atom. The molecule has 5 nitrogen and oxygen atoms in total. The Labute approximate surface area is 148 Å². The quantitative estimate of drug-likeness (QED) is 0.697. The van der Waals surface area contributed by atoms with Crippen LogP contribution in [0.2, 0.25) is 5.02 Å². The molecule has 3 aromatic rings. The van der Waals surface area contributed by atoms with E-state index in [2.05, 4.69) is 15.3 Å². The van der Waals surface area contributed by atoms with Gasteiger partial charge in [-0.2, -0.15) is 0 Å². The number of aryl methyl sites for hydroxylation is 2. The van der Waals surface area contributed by atoms with Crippen LogP contribution >= 0.6 is 22.9 Å². The Kier molecular flexibility index (Phi) is 4.69. The lowest BCUT2D eigenvalue weighted by atomic mass is 10.2. The van der Waals surface area contributed by atoms with E-state index in [9.17, 15) is 4.79 Å². The van der Waals surface area contributed by atoms with E-state index in [0.29, 0.717) is 16.7 Å². The van der Waals surface area contributed by atoms with Gasteiger partial charge in [-0.1, -0.05) is 11.6 Å². The maximum atomic E-state index is 11.6. The molecule has 0 atom stereocenters. The highest BCUT2D eigenvalue weighted by molar-refractivity contribution is 7.18. The molecule has 0 radical (unpaired) electrons. The van der Waals surface area contributed by atoms with Crippen LogP contribution in [-0.2, 0) is 16.0 Å². The number of ether oxygens (including phenoxy) is 1. The van der Waals surface area contributed by atoms with Crippen LogP contribution in [0.5, 0.6) is 0 Å². The normalized spacial score (nSPS) is 10.8. The smallest absolute Gasteiger partial charge is 0.313 e. The molecule has 0 fully saturated rings. The zero-order valence-corrected chi connectivity index (χ0v) is 15.1. The number of rotatable bonds is 4. The van der Waals surface area contributed by atoms with Crippen LogP contribution in [0.25, 0.3) is 10.2 Å². The maximum Gasteiger partial charge on any atom is 0.313 e. The van der Waals surface area contributed by atoms with Crippen LogP contribution in [0.1, 0.15) is 16.3 Å². The monoisotopic (exact) mass is 361 g/mol. The van der Waals surface area contributed by atoms with Crippen molar-refractivity contribution in [2.24, 2.45) is 0 Å². The minimum Gasteiger partial charge on any atom is -0.469 e. The Hall–Kier alpha value is -2.18. The molecular weight excluding hydrogens is 346 g/mol. The Morgan fingerprint density at radius 3 is 2.62 bits per heavy atom. The van der Waals surface area contributed by atoms with Gasteiger partial charge in [-0.3, -0.25) is 4.79 Å². The molecule has 7 heteroatoms. The summed E-state index contributed by atoms with van der Waals surface area (Å²) in [6, 6.07) is 7.38. The summed E-state index contributed by atoms with van der Waals surface area (Å²) in [4.78, 5) is 22.6. The number of carbonyl (C=O) groups excluding carboxylic acids is 1. The summed E-state index contributed by atoms with van der Waals surface area (Å²) < 4.78 is 4.72. The fraction of sp³-hybridized carbons (Fsp3) is 0.235. The third-order valence-electron chi connectivity index (χ3n) is 3.71. The first kappa shape index (κ1) is 16.7. The molecule has 0 amide bonds. The maximum absolute atomic E-state index is 11.6. The fourth-order valence-electron chi connectivity index (χ4n) is 2.33. The fourth-order valence-corrected chi connectivity index (χ4v) is 3.51. The molecule has 0 aliphatic heterocycles. The molecule has 1 N–H and O–H groups in total. The summed E-state index contributed by atoms with van der Waals surface area (Å²) in [7, 11) is 1.35. The van der Waals surface area contributed by atoms with Crippen molar-refractivity contribution in [3.05, 3.63) is 45.6 Å². The van der Waals surface area contributed by atoms with E-state index in [-0.39, 0.29) is 12.4 Å². The van der Waals surface area contributed by atoms with E-state index in [1.54, 1.807) is 11.3 Å². The average molecular weight is 362 g/mol. The number of thiophene rings is 1. The van der Waals surface area contributed by atoms with E-state index in [0.717, 1.165) is 21.5 Å². The summed E-state index contributed by atoms with van der Waals surface area (Å²) in [6.45, 7) is 4.10. The molecule has 2 aromatic heterocycles. The zero-order valence-electron chi connectivity index (χ0n) is 13.5. The molecule has 0 unspecified atom stereocenters. The minimum atomic E-state index is -0.364. The van der Waals surface area contributed by atoms with Crippen LogP contribution in [-0.4, -0.2) is 23.0 Å². The van der Waals surface area contributed by atoms with Crippen LogP contribution in [0.15, 0.2) is 24.3 Å². The first-order chi connectivity index (χ1) is 11.5. The number of hydrogen-bond acceptors (Lipinski definition) is 6. The number of carbonyl (C=O) groups is 1. The number of nitrogens with zero attached hydrogens (tertiary/aromatic N) is 2. The predicted octanol–water partition coefficient (Wildman–Crippen LogP) is 4.42. The van der Waals surface area contributed by atoms with Gasteiger partial charge < -0.3 is 10.1 Å². The van der Waals surface area contributed by atoms with Crippen LogP contribution in [0.4, 0.5) is 11.5 Å². The van der Waals surface area contributed by atoms with Crippen LogP contribution in [0.3, 0.4) is 0 Å². The molecule has 0 saturated carbocycles. The number of fused-ring (bicyclic) bond motifs is 1. The lowest BCUT2D eigenvalue weighted by Gasteiger charge is -2.09. The Bertz CT molecular complexity index is 906. The molecule has 24 heavy (non-hydrogen) atoms. The van der Waals surface area contributed by atoms with E-state index in [4.69, 9.17) is 16.3 Å². The first-order valence-corrected chi connectivity index (χ1v) is 8.53. The SMILES string of the molecule is COC(=O)Cc1nc(Nc2ccc(Cl)cc2)c2c(C)c(C)sc2n1. The third-order valence-corrected chi connectivity index (χ3v) is 5.07. The highest BCUT2D eigenvalue weighted by Crippen LogP contribution is 2.34. The second-order valence-electron chi connectivity index (χ2n) is 5.34.